The van der Waals surface area contributed by atoms with Gasteiger partial charge in [0, 0.05) is 24.2 Å². The van der Waals surface area contributed by atoms with Crippen LogP contribution in [0.2, 0.25) is 0 Å². The van der Waals surface area contributed by atoms with Crippen molar-refractivity contribution in [3.8, 4) is 0 Å². The van der Waals surface area contributed by atoms with Gasteiger partial charge >= 0.3 is 5.97 Å². The molecule has 144 valence electrons. The average molecular weight is 367 g/mol. The Bertz CT molecular complexity index is 827. The van der Waals surface area contributed by atoms with Gasteiger partial charge in [-0.15, -0.1) is 0 Å². The molecule has 0 aromatic rings. The highest BCUT2D eigenvalue weighted by Crippen LogP contribution is 2.82. The van der Waals surface area contributed by atoms with Gasteiger partial charge in [0.25, 0.3) is 0 Å². The van der Waals surface area contributed by atoms with Crippen molar-refractivity contribution in [1.29, 1.82) is 0 Å². The van der Waals surface area contributed by atoms with Gasteiger partial charge in [0.1, 0.15) is 5.60 Å². The molecule has 0 aromatic heterocycles. The second kappa shape index (κ2) is 4.39. The van der Waals surface area contributed by atoms with Gasteiger partial charge in [0.2, 0.25) is 0 Å². The van der Waals surface area contributed by atoms with E-state index in [1.165, 1.54) is 31.3 Å². The molecule has 7 aliphatic rings. The van der Waals surface area contributed by atoms with Gasteiger partial charge in [-0.1, -0.05) is 19.4 Å². The molecule has 0 amide bonds. The summed E-state index contributed by atoms with van der Waals surface area (Å²) in [6.07, 6.45) is 10.6. The van der Waals surface area contributed by atoms with E-state index < -0.39 is 0 Å². The largest absolute Gasteiger partial charge is 0.458 e. The fraction of sp³-hybridized carbons (Fsp3) is 0.833. The topological polar surface area (TPSA) is 43.4 Å². The Hall–Kier alpha value is -1.12. The number of hydrogen-bond acceptors (Lipinski definition) is 3. The fourth-order valence-electron chi connectivity index (χ4n) is 9.74. The third kappa shape index (κ3) is 1.58. The van der Waals surface area contributed by atoms with Crippen molar-refractivity contribution in [1.82, 2.24) is 0 Å². The zero-order chi connectivity index (χ0) is 18.3. The second-order valence-electron chi connectivity index (χ2n) is 11.5. The lowest BCUT2D eigenvalue weighted by atomic mass is 9.45. The van der Waals surface area contributed by atoms with Crippen LogP contribution in [-0.2, 0) is 14.3 Å². The van der Waals surface area contributed by atoms with Gasteiger partial charge in [-0.3, -0.25) is 9.59 Å². The quantitative estimate of drug-likeness (QED) is 0.600. The van der Waals surface area contributed by atoms with Crippen molar-refractivity contribution in [2.75, 3.05) is 0 Å². The molecule has 0 radical (unpaired) electrons. The predicted molar refractivity (Wildman–Crippen MR) is 99.5 cm³/mol. The molecule has 5 unspecified atom stereocenters. The summed E-state index contributed by atoms with van der Waals surface area (Å²) in [4.78, 5) is 24.3. The van der Waals surface area contributed by atoms with Crippen molar-refractivity contribution in [3.05, 3.63) is 11.6 Å². The molecule has 3 heteroatoms. The molecule has 1 heterocycles. The molecule has 6 fully saturated rings. The van der Waals surface area contributed by atoms with Crippen LogP contribution in [-0.4, -0.2) is 17.4 Å². The molecule has 1 spiro atoms. The number of carbonyl (C=O) groups is 2. The SMILES string of the molecule is C[C@]12CCC(=O)C=C1[C@@H]1CC1C1C2CC[C@@]2(C)C1C1C[C@@H]1[C@@]21CCC(=O)O1. The zero-order valence-corrected chi connectivity index (χ0v) is 16.5. The number of carbonyl (C=O) groups excluding carboxylic acids is 2. The lowest BCUT2D eigenvalue weighted by molar-refractivity contribution is -0.177. The molecule has 0 N–H and O–H groups in total. The van der Waals surface area contributed by atoms with E-state index in [4.69, 9.17) is 4.74 Å². The Balaban J connectivity index is 1.33. The van der Waals surface area contributed by atoms with Crippen LogP contribution in [0.1, 0.15) is 65.2 Å². The number of allylic oxidation sites excluding steroid dienone is 1. The summed E-state index contributed by atoms with van der Waals surface area (Å²) >= 11 is 0. The van der Waals surface area contributed by atoms with E-state index in [1.54, 1.807) is 0 Å². The fourth-order valence-corrected chi connectivity index (χ4v) is 9.74. The first-order valence-electron chi connectivity index (χ1n) is 11.4. The Morgan fingerprint density at radius 3 is 2.63 bits per heavy atom. The normalized spacial score (nSPS) is 62.0. The van der Waals surface area contributed by atoms with Crippen LogP contribution in [0.25, 0.3) is 0 Å². The highest BCUT2D eigenvalue weighted by Gasteiger charge is 2.81. The highest BCUT2D eigenvalue weighted by molar-refractivity contribution is 5.92. The maximum atomic E-state index is 12.2. The van der Waals surface area contributed by atoms with Gasteiger partial charge in [-0.25, -0.2) is 0 Å². The minimum Gasteiger partial charge on any atom is -0.458 e. The van der Waals surface area contributed by atoms with Crippen molar-refractivity contribution in [3.63, 3.8) is 0 Å². The van der Waals surface area contributed by atoms with Gasteiger partial charge in [0.15, 0.2) is 5.78 Å². The summed E-state index contributed by atoms with van der Waals surface area (Å²) < 4.78 is 6.22. The van der Waals surface area contributed by atoms with Crippen molar-refractivity contribution < 1.29 is 14.3 Å². The first-order valence-corrected chi connectivity index (χ1v) is 11.4. The first-order chi connectivity index (χ1) is 12.9. The van der Waals surface area contributed by atoms with Crippen LogP contribution in [0, 0.1) is 52.3 Å². The van der Waals surface area contributed by atoms with E-state index in [2.05, 4.69) is 19.9 Å². The minimum atomic E-state index is -0.131. The standard InChI is InChI=1S/C24H30O3/c1-22-6-3-12(25)9-17(22)13-10-14(13)20-16(22)4-7-23(2)21(20)15-11-18(15)24(23)8-5-19(26)27-24/h9,13-16,18,20-21H,3-8,10-11H2,1-2H3/t13-,14?,15?,16?,18+,20?,21?,22-,23+,24+/m1/s1. The average Bonchev–Trinajstić information content (AvgIpc) is 3.53. The molecule has 7 rings (SSSR count). The number of fused-ring (bicyclic) bond motifs is 12. The monoisotopic (exact) mass is 366 g/mol. The van der Waals surface area contributed by atoms with Gasteiger partial charge < -0.3 is 4.74 Å². The maximum Gasteiger partial charge on any atom is 0.306 e. The predicted octanol–water partition coefficient (Wildman–Crippen LogP) is 4.31. The minimum absolute atomic E-state index is 0.0561. The lowest BCUT2D eigenvalue weighted by Crippen LogP contribution is -2.57. The number of ether oxygens (including phenoxy) is 1. The van der Waals surface area contributed by atoms with E-state index in [9.17, 15) is 9.59 Å². The Morgan fingerprint density at radius 2 is 1.85 bits per heavy atom. The summed E-state index contributed by atoms with van der Waals surface area (Å²) in [6, 6.07) is 0. The van der Waals surface area contributed by atoms with Crippen molar-refractivity contribution in [2.24, 2.45) is 52.3 Å². The third-order valence-electron chi connectivity index (χ3n) is 10.9. The number of esters is 1. The molecular weight excluding hydrogens is 336 g/mol. The summed E-state index contributed by atoms with van der Waals surface area (Å²) in [7, 11) is 0. The molecular formula is C24H30O3. The molecule has 0 bridgehead atoms. The van der Waals surface area contributed by atoms with Crippen LogP contribution in [0.3, 0.4) is 0 Å². The first kappa shape index (κ1) is 15.8. The molecule has 1 aliphatic heterocycles. The Kier molecular flexibility index (Phi) is 2.56. The molecule has 3 nitrogen and oxygen atoms in total. The zero-order valence-electron chi connectivity index (χ0n) is 16.5. The van der Waals surface area contributed by atoms with Gasteiger partial charge in [-0.2, -0.15) is 0 Å². The molecule has 6 aliphatic carbocycles. The van der Waals surface area contributed by atoms with Gasteiger partial charge in [0.05, 0.1) is 0 Å². The van der Waals surface area contributed by atoms with E-state index in [0.717, 1.165) is 48.9 Å². The second-order valence-corrected chi connectivity index (χ2v) is 11.5. The molecule has 1 saturated heterocycles. The molecule has 5 saturated carbocycles. The van der Waals surface area contributed by atoms with Crippen molar-refractivity contribution >= 4 is 11.8 Å². The van der Waals surface area contributed by atoms with Gasteiger partial charge in [-0.05, 0) is 85.5 Å². The molecule has 27 heavy (non-hydrogen) atoms. The van der Waals surface area contributed by atoms with Crippen LogP contribution in [0.5, 0.6) is 0 Å². The van der Waals surface area contributed by atoms with Crippen LogP contribution in [0.15, 0.2) is 11.6 Å². The summed E-state index contributed by atoms with van der Waals surface area (Å²) in [6.45, 7) is 4.99. The van der Waals surface area contributed by atoms with E-state index in [0.29, 0.717) is 24.0 Å². The van der Waals surface area contributed by atoms with E-state index in [1.807, 2.05) is 0 Å². The van der Waals surface area contributed by atoms with E-state index >= 15 is 0 Å². The maximum absolute atomic E-state index is 12.2. The van der Waals surface area contributed by atoms with Crippen LogP contribution < -0.4 is 0 Å². The van der Waals surface area contributed by atoms with Crippen LogP contribution in [0.4, 0.5) is 0 Å². The smallest absolute Gasteiger partial charge is 0.306 e. The summed E-state index contributed by atoms with van der Waals surface area (Å²) in [5, 5.41) is 0. The molecule has 10 atom stereocenters. The Morgan fingerprint density at radius 1 is 1.00 bits per heavy atom. The number of hydrogen-bond donors (Lipinski definition) is 0. The number of ketones is 1. The van der Waals surface area contributed by atoms with Crippen molar-refractivity contribution in [2.45, 2.75) is 70.8 Å². The third-order valence-corrected chi connectivity index (χ3v) is 10.9. The lowest BCUT2D eigenvalue weighted by Gasteiger charge is -2.60. The Labute approximate surface area is 161 Å². The highest BCUT2D eigenvalue weighted by atomic mass is 16.6. The molecule has 0 aromatic carbocycles. The number of rotatable bonds is 0. The summed E-state index contributed by atoms with van der Waals surface area (Å²) in [5.41, 5.74) is 1.85. The van der Waals surface area contributed by atoms with E-state index in [-0.39, 0.29) is 22.4 Å². The van der Waals surface area contributed by atoms with Crippen LogP contribution >= 0.6 is 0 Å². The summed E-state index contributed by atoms with van der Waals surface area (Å²) in [5.74, 6) is 5.65.